The number of hydrogen-bond donors (Lipinski definition) is 2. The first-order valence-corrected chi connectivity index (χ1v) is 9.93. The van der Waals surface area contributed by atoms with Gasteiger partial charge in [0.25, 0.3) is 0 Å². The van der Waals surface area contributed by atoms with Gasteiger partial charge in [0, 0.05) is 18.9 Å². The number of aryl methyl sites for hydroxylation is 1. The Morgan fingerprint density at radius 2 is 2.07 bits per heavy atom. The Hall–Kier alpha value is -1.53. The highest BCUT2D eigenvalue weighted by atomic mass is 19.3. The summed E-state index contributed by atoms with van der Waals surface area (Å²) in [5.41, 5.74) is 0.361. The first kappa shape index (κ1) is 18.8. The smallest absolute Gasteiger partial charge is 0.313 e. The molecule has 0 radical (unpaired) electrons. The molecule has 0 aromatic heterocycles. The van der Waals surface area contributed by atoms with Crippen LogP contribution in [0.2, 0.25) is 0 Å². The van der Waals surface area contributed by atoms with Crippen molar-refractivity contribution in [3.05, 3.63) is 35.4 Å². The van der Waals surface area contributed by atoms with Crippen LogP contribution in [0.15, 0.2) is 24.3 Å². The fourth-order valence-corrected chi connectivity index (χ4v) is 6.29. The minimum Gasteiger partial charge on any atom is -0.313 e. The van der Waals surface area contributed by atoms with Crippen LogP contribution in [0.1, 0.15) is 49.7 Å². The fraction of sp³-hybridized carbons (Fsp3) is 0.667. The number of nitrogens with one attached hydrogen (secondary N) is 1. The molecule has 4 unspecified atom stereocenters. The van der Waals surface area contributed by atoms with Crippen LogP contribution in [0.3, 0.4) is 0 Å². The summed E-state index contributed by atoms with van der Waals surface area (Å²) < 4.78 is 28.9. The lowest BCUT2D eigenvalue weighted by Gasteiger charge is -2.47. The van der Waals surface area contributed by atoms with E-state index in [1.54, 1.807) is 0 Å². The maximum absolute atomic E-state index is 14.4. The summed E-state index contributed by atoms with van der Waals surface area (Å²) in [5, 5.41) is 12.9. The quantitative estimate of drug-likeness (QED) is 0.612. The summed E-state index contributed by atoms with van der Waals surface area (Å²) in [7, 11) is 0. The molecule has 6 heteroatoms. The number of hydrogen-bond acceptors (Lipinski definition) is 4. The van der Waals surface area contributed by atoms with Crippen LogP contribution in [0, 0.1) is 24.7 Å². The van der Waals surface area contributed by atoms with E-state index in [9.17, 15) is 18.8 Å². The van der Waals surface area contributed by atoms with E-state index in [-0.39, 0.29) is 30.7 Å². The first-order chi connectivity index (χ1) is 12.9. The van der Waals surface area contributed by atoms with Gasteiger partial charge in [0.05, 0.1) is 0 Å². The topological polar surface area (TPSA) is 58.6 Å². The van der Waals surface area contributed by atoms with Crippen LogP contribution in [0.4, 0.5) is 8.78 Å². The SMILES string of the molecule is Cc1ccccc1C(C(=O)OO)(C1C2CCC1NC2)[C@H]1CCCC(F)(F)C1. The monoisotopic (exact) mass is 379 g/mol. The molecular formula is C21H27F2NO3. The Morgan fingerprint density at radius 1 is 1.30 bits per heavy atom. The molecule has 1 saturated heterocycles. The Kier molecular flexibility index (Phi) is 4.75. The molecule has 1 aliphatic heterocycles. The van der Waals surface area contributed by atoms with Gasteiger partial charge in [-0.15, -0.1) is 0 Å². The van der Waals surface area contributed by atoms with Gasteiger partial charge in [-0.25, -0.2) is 13.6 Å². The molecule has 148 valence electrons. The van der Waals surface area contributed by atoms with Crippen molar-refractivity contribution in [2.75, 3.05) is 6.54 Å². The minimum absolute atomic E-state index is 0.0873. The highest BCUT2D eigenvalue weighted by molar-refractivity contribution is 5.85. The third-order valence-electron chi connectivity index (χ3n) is 7.25. The number of carbonyl (C=O) groups excluding carboxylic acids is 1. The van der Waals surface area contributed by atoms with Crippen molar-refractivity contribution in [3.63, 3.8) is 0 Å². The molecule has 2 aliphatic carbocycles. The average Bonchev–Trinajstić information content (AvgIpc) is 3.24. The molecule has 1 aromatic carbocycles. The number of piperidine rings is 1. The van der Waals surface area contributed by atoms with Gasteiger partial charge < -0.3 is 5.32 Å². The van der Waals surface area contributed by atoms with Crippen molar-refractivity contribution in [3.8, 4) is 0 Å². The molecule has 3 fully saturated rings. The summed E-state index contributed by atoms with van der Waals surface area (Å²) >= 11 is 0. The van der Waals surface area contributed by atoms with Gasteiger partial charge in [0.15, 0.2) is 0 Å². The third-order valence-corrected chi connectivity index (χ3v) is 7.25. The van der Waals surface area contributed by atoms with Crippen LogP contribution >= 0.6 is 0 Å². The normalized spacial score (nSPS) is 34.2. The van der Waals surface area contributed by atoms with E-state index in [2.05, 4.69) is 10.2 Å². The van der Waals surface area contributed by atoms with Gasteiger partial charge in [0.1, 0.15) is 5.41 Å². The van der Waals surface area contributed by atoms with Crippen LogP contribution in [0.25, 0.3) is 0 Å². The lowest BCUT2D eigenvalue weighted by Crippen LogP contribution is -2.55. The van der Waals surface area contributed by atoms with Gasteiger partial charge in [0.2, 0.25) is 5.92 Å². The Labute approximate surface area is 158 Å². The van der Waals surface area contributed by atoms with Crippen molar-refractivity contribution in [1.29, 1.82) is 0 Å². The predicted molar refractivity (Wildman–Crippen MR) is 96.5 cm³/mol. The number of carbonyl (C=O) groups is 1. The number of rotatable bonds is 4. The van der Waals surface area contributed by atoms with Crippen molar-refractivity contribution in [2.45, 2.75) is 62.8 Å². The standard InChI is InChI=1S/C21H27F2NO3/c1-13-5-2-3-7-16(13)21(19(25)27-26,15-6-4-10-20(22,23)11-15)18-14-8-9-17(18)24-12-14/h2-3,5,7,14-15,17-18,24,26H,4,6,8-12H2,1H3/t14?,15-,17?,18?,21?/m0/s1. The molecule has 27 heavy (non-hydrogen) atoms. The van der Waals surface area contributed by atoms with Gasteiger partial charge in [-0.05, 0) is 68.0 Å². The molecule has 2 bridgehead atoms. The Morgan fingerprint density at radius 3 is 2.63 bits per heavy atom. The first-order valence-electron chi connectivity index (χ1n) is 9.93. The Balaban J connectivity index is 1.92. The third kappa shape index (κ3) is 2.88. The lowest BCUT2D eigenvalue weighted by atomic mass is 9.55. The van der Waals surface area contributed by atoms with E-state index >= 15 is 0 Å². The molecule has 0 spiro atoms. The highest BCUT2D eigenvalue weighted by Crippen LogP contribution is 2.57. The second kappa shape index (κ2) is 6.82. The number of benzene rings is 1. The maximum Gasteiger partial charge on any atom is 0.353 e. The van der Waals surface area contributed by atoms with Gasteiger partial charge in [-0.3, -0.25) is 4.89 Å². The van der Waals surface area contributed by atoms with E-state index in [0.29, 0.717) is 12.8 Å². The zero-order valence-electron chi connectivity index (χ0n) is 15.6. The summed E-state index contributed by atoms with van der Waals surface area (Å²) in [6.45, 7) is 2.69. The molecular weight excluding hydrogens is 352 g/mol. The zero-order valence-corrected chi connectivity index (χ0v) is 15.6. The van der Waals surface area contributed by atoms with E-state index in [1.165, 1.54) is 0 Å². The van der Waals surface area contributed by atoms with Crippen molar-refractivity contribution < 1.29 is 23.7 Å². The molecule has 3 aliphatic rings. The molecule has 5 atom stereocenters. The highest BCUT2D eigenvalue weighted by Gasteiger charge is 2.64. The molecule has 2 N–H and O–H groups in total. The van der Waals surface area contributed by atoms with Crippen molar-refractivity contribution in [2.24, 2.45) is 17.8 Å². The second-order valence-corrected chi connectivity index (χ2v) is 8.59. The van der Waals surface area contributed by atoms with Crippen molar-refractivity contribution in [1.82, 2.24) is 5.32 Å². The largest absolute Gasteiger partial charge is 0.353 e. The maximum atomic E-state index is 14.4. The molecule has 4 rings (SSSR count). The van der Waals surface area contributed by atoms with E-state index < -0.39 is 23.2 Å². The van der Waals surface area contributed by atoms with E-state index in [1.807, 2.05) is 31.2 Å². The van der Waals surface area contributed by atoms with Crippen LogP contribution in [0.5, 0.6) is 0 Å². The summed E-state index contributed by atoms with van der Waals surface area (Å²) in [6, 6.07) is 7.57. The van der Waals surface area contributed by atoms with Gasteiger partial charge in [-0.2, -0.15) is 5.26 Å². The second-order valence-electron chi connectivity index (χ2n) is 8.59. The van der Waals surface area contributed by atoms with E-state index in [0.717, 1.165) is 30.5 Å². The number of halogens is 2. The molecule has 4 nitrogen and oxygen atoms in total. The van der Waals surface area contributed by atoms with Crippen molar-refractivity contribution >= 4 is 5.97 Å². The predicted octanol–water partition coefficient (Wildman–Crippen LogP) is 4.07. The number of alkyl halides is 2. The summed E-state index contributed by atoms with van der Waals surface area (Å²) in [5.74, 6) is -4.04. The molecule has 2 saturated carbocycles. The average molecular weight is 379 g/mol. The minimum atomic E-state index is -2.79. The molecule has 1 aromatic rings. The van der Waals surface area contributed by atoms with E-state index in [4.69, 9.17) is 0 Å². The fourth-order valence-electron chi connectivity index (χ4n) is 6.29. The lowest BCUT2D eigenvalue weighted by molar-refractivity contribution is -0.247. The van der Waals surface area contributed by atoms with Gasteiger partial charge in [-0.1, -0.05) is 24.3 Å². The zero-order chi connectivity index (χ0) is 19.2. The van der Waals surface area contributed by atoms with Crippen LogP contribution in [-0.4, -0.2) is 29.7 Å². The van der Waals surface area contributed by atoms with Crippen LogP contribution < -0.4 is 5.32 Å². The number of fused-ring (bicyclic) bond motifs is 2. The summed E-state index contributed by atoms with van der Waals surface area (Å²) in [6.07, 6.45) is 2.32. The summed E-state index contributed by atoms with van der Waals surface area (Å²) in [4.78, 5) is 17.6. The molecule has 1 heterocycles. The van der Waals surface area contributed by atoms with Gasteiger partial charge >= 0.3 is 5.97 Å². The molecule has 0 amide bonds. The Bertz CT molecular complexity index is 705. The van der Waals surface area contributed by atoms with Crippen LogP contribution in [-0.2, 0) is 15.1 Å².